The molecule has 0 saturated carbocycles. The van der Waals surface area contributed by atoms with Crippen molar-refractivity contribution < 1.29 is 9.18 Å². The SMILES string of the molecule is C[C@H](Nc1nc2ccccc2s1)C(=O)N/N=C\c1cccc(F)c1. The van der Waals surface area contributed by atoms with E-state index >= 15 is 0 Å². The Hall–Kier alpha value is -2.80. The van der Waals surface area contributed by atoms with Gasteiger partial charge in [0.15, 0.2) is 5.13 Å². The molecule has 1 atom stereocenters. The molecule has 0 unspecified atom stereocenters. The Labute approximate surface area is 142 Å². The van der Waals surface area contributed by atoms with E-state index in [0.29, 0.717) is 10.7 Å². The van der Waals surface area contributed by atoms with E-state index in [4.69, 9.17) is 0 Å². The number of fused-ring (bicyclic) bond motifs is 1. The van der Waals surface area contributed by atoms with Crippen LogP contribution in [0.1, 0.15) is 12.5 Å². The number of halogens is 1. The molecule has 1 aromatic heterocycles. The molecule has 2 N–H and O–H groups in total. The second kappa shape index (κ2) is 7.18. The second-order valence-corrected chi connectivity index (χ2v) is 6.17. The number of para-hydroxylation sites is 1. The highest BCUT2D eigenvalue weighted by atomic mass is 32.1. The molecule has 0 fully saturated rings. The number of amides is 1. The number of benzene rings is 2. The fourth-order valence-corrected chi connectivity index (χ4v) is 2.99. The maximum absolute atomic E-state index is 13.0. The van der Waals surface area contributed by atoms with Crippen LogP contribution in [0, 0.1) is 5.82 Å². The number of nitrogens with one attached hydrogen (secondary N) is 2. The van der Waals surface area contributed by atoms with Crippen LogP contribution in [0.5, 0.6) is 0 Å². The number of hydrogen-bond donors (Lipinski definition) is 2. The highest BCUT2D eigenvalue weighted by Crippen LogP contribution is 2.25. The van der Waals surface area contributed by atoms with Crippen LogP contribution in [0.25, 0.3) is 10.2 Å². The molecule has 1 heterocycles. The molecule has 5 nitrogen and oxygen atoms in total. The molecule has 0 aliphatic carbocycles. The van der Waals surface area contributed by atoms with E-state index in [1.165, 1.54) is 29.7 Å². The highest BCUT2D eigenvalue weighted by Gasteiger charge is 2.14. The highest BCUT2D eigenvalue weighted by molar-refractivity contribution is 7.22. The number of anilines is 1. The van der Waals surface area contributed by atoms with Gasteiger partial charge in [0.2, 0.25) is 0 Å². The van der Waals surface area contributed by atoms with Crippen LogP contribution in [0.15, 0.2) is 53.6 Å². The number of nitrogens with zero attached hydrogens (tertiary/aromatic N) is 2. The lowest BCUT2D eigenvalue weighted by molar-refractivity contribution is -0.121. The summed E-state index contributed by atoms with van der Waals surface area (Å²) in [4.78, 5) is 16.5. The van der Waals surface area contributed by atoms with Crippen LogP contribution in [0.2, 0.25) is 0 Å². The van der Waals surface area contributed by atoms with E-state index in [1.807, 2.05) is 24.3 Å². The lowest BCUT2D eigenvalue weighted by Gasteiger charge is -2.10. The van der Waals surface area contributed by atoms with Crippen molar-refractivity contribution in [2.75, 3.05) is 5.32 Å². The maximum Gasteiger partial charge on any atom is 0.262 e. The van der Waals surface area contributed by atoms with Crippen molar-refractivity contribution in [3.05, 3.63) is 59.9 Å². The number of carbonyl (C=O) groups excluding carboxylic acids is 1. The summed E-state index contributed by atoms with van der Waals surface area (Å²) in [6.07, 6.45) is 1.39. The normalized spacial score (nSPS) is 12.4. The molecule has 0 aliphatic rings. The number of hydrazone groups is 1. The smallest absolute Gasteiger partial charge is 0.262 e. The molecular weight excluding hydrogens is 327 g/mol. The van der Waals surface area contributed by atoms with Crippen molar-refractivity contribution in [1.29, 1.82) is 0 Å². The van der Waals surface area contributed by atoms with Gasteiger partial charge in [-0.2, -0.15) is 5.10 Å². The zero-order valence-corrected chi connectivity index (χ0v) is 13.7. The van der Waals surface area contributed by atoms with Gasteiger partial charge in [-0.1, -0.05) is 35.6 Å². The molecule has 1 amide bonds. The molecule has 0 saturated heterocycles. The number of aromatic nitrogens is 1. The van der Waals surface area contributed by atoms with E-state index in [-0.39, 0.29) is 11.7 Å². The van der Waals surface area contributed by atoms with Crippen LogP contribution >= 0.6 is 11.3 Å². The van der Waals surface area contributed by atoms with Crippen LogP contribution in [-0.2, 0) is 4.79 Å². The Morgan fingerprint density at radius 1 is 1.29 bits per heavy atom. The molecule has 3 rings (SSSR count). The monoisotopic (exact) mass is 342 g/mol. The van der Waals surface area contributed by atoms with Gasteiger partial charge in [-0.25, -0.2) is 14.8 Å². The predicted molar refractivity (Wildman–Crippen MR) is 94.8 cm³/mol. The maximum atomic E-state index is 13.0. The van der Waals surface area contributed by atoms with Crippen molar-refractivity contribution in [1.82, 2.24) is 10.4 Å². The van der Waals surface area contributed by atoms with Gasteiger partial charge >= 0.3 is 0 Å². The zero-order chi connectivity index (χ0) is 16.9. The fourth-order valence-electron chi connectivity index (χ4n) is 2.04. The Balaban J connectivity index is 1.58. The van der Waals surface area contributed by atoms with Crippen molar-refractivity contribution in [2.24, 2.45) is 5.10 Å². The third kappa shape index (κ3) is 3.94. The molecule has 0 spiro atoms. The number of hydrogen-bond acceptors (Lipinski definition) is 5. The standard InChI is InChI=1S/C17H15FN4OS/c1-11(20-17-21-14-7-2-3-8-15(14)24-17)16(23)22-19-10-12-5-4-6-13(18)9-12/h2-11H,1H3,(H,20,21)(H,22,23)/b19-10-/t11-/m0/s1. The van der Waals surface area contributed by atoms with Crippen molar-refractivity contribution >= 4 is 38.8 Å². The summed E-state index contributed by atoms with van der Waals surface area (Å²) in [6, 6.07) is 13.2. The van der Waals surface area contributed by atoms with E-state index in [2.05, 4.69) is 20.8 Å². The molecule has 0 aliphatic heterocycles. The topological polar surface area (TPSA) is 66.4 Å². The minimum Gasteiger partial charge on any atom is -0.350 e. The summed E-state index contributed by atoms with van der Waals surface area (Å²) in [5.74, 6) is -0.655. The molecular formula is C17H15FN4OS. The Bertz CT molecular complexity index is 860. The average Bonchev–Trinajstić information content (AvgIpc) is 2.97. The van der Waals surface area contributed by atoms with Crippen molar-refractivity contribution in [3.8, 4) is 0 Å². The van der Waals surface area contributed by atoms with Gasteiger partial charge in [0, 0.05) is 0 Å². The Morgan fingerprint density at radius 2 is 2.12 bits per heavy atom. The van der Waals surface area contributed by atoms with Gasteiger partial charge in [0.25, 0.3) is 5.91 Å². The number of thiazole rings is 1. The quantitative estimate of drug-likeness (QED) is 0.552. The summed E-state index contributed by atoms with van der Waals surface area (Å²) >= 11 is 1.48. The summed E-state index contributed by atoms with van der Waals surface area (Å²) in [5, 5.41) is 7.56. The third-order valence-electron chi connectivity index (χ3n) is 3.26. The van der Waals surface area contributed by atoms with Gasteiger partial charge in [-0.15, -0.1) is 0 Å². The Morgan fingerprint density at radius 3 is 2.92 bits per heavy atom. The fraction of sp³-hybridized carbons (Fsp3) is 0.118. The van der Waals surface area contributed by atoms with Gasteiger partial charge in [-0.3, -0.25) is 4.79 Å². The molecule has 2 aromatic carbocycles. The van der Waals surface area contributed by atoms with E-state index < -0.39 is 6.04 Å². The summed E-state index contributed by atoms with van der Waals surface area (Å²) in [7, 11) is 0. The molecule has 3 aromatic rings. The van der Waals surface area contributed by atoms with Crippen LogP contribution < -0.4 is 10.7 Å². The molecule has 24 heavy (non-hydrogen) atoms. The number of carbonyl (C=O) groups is 1. The van der Waals surface area contributed by atoms with E-state index in [1.54, 1.807) is 19.1 Å². The minimum atomic E-state index is -0.504. The molecule has 7 heteroatoms. The van der Waals surface area contributed by atoms with Crippen molar-refractivity contribution in [2.45, 2.75) is 13.0 Å². The average molecular weight is 342 g/mol. The van der Waals surface area contributed by atoms with Gasteiger partial charge in [0.05, 0.1) is 16.4 Å². The number of rotatable bonds is 5. The van der Waals surface area contributed by atoms with Gasteiger partial charge < -0.3 is 5.32 Å². The zero-order valence-electron chi connectivity index (χ0n) is 12.9. The van der Waals surface area contributed by atoms with Gasteiger partial charge in [0.1, 0.15) is 11.9 Å². The van der Waals surface area contributed by atoms with Gasteiger partial charge in [-0.05, 0) is 36.8 Å². The van der Waals surface area contributed by atoms with Crippen molar-refractivity contribution in [3.63, 3.8) is 0 Å². The van der Waals surface area contributed by atoms with Crippen LogP contribution in [-0.4, -0.2) is 23.1 Å². The first-order chi connectivity index (χ1) is 11.6. The van der Waals surface area contributed by atoms with Crippen LogP contribution in [0.4, 0.5) is 9.52 Å². The van der Waals surface area contributed by atoms with E-state index in [9.17, 15) is 9.18 Å². The van der Waals surface area contributed by atoms with Crippen LogP contribution in [0.3, 0.4) is 0 Å². The first kappa shape index (κ1) is 16.1. The predicted octanol–water partition coefficient (Wildman–Crippen LogP) is 3.39. The lowest BCUT2D eigenvalue weighted by atomic mass is 10.2. The first-order valence-corrected chi connectivity index (χ1v) is 8.14. The summed E-state index contributed by atoms with van der Waals surface area (Å²) in [6.45, 7) is 1.72. The molecule has 0 radical (unpaired) electrons. The Kier molecular flexibility index (Phi) is 4.81. The summed E-state index contributed by atoms with van der Waals surface area (Å²) < 4.78 is 14.1. The largest absolute Gasteiger partial charge is 0.350 e. The third-order valence-corrected chi connectivity index (χ3v) is 4.23. The van der Waals surface area contributed by atoms with E-state index in [0.717, 1.165) is 10.2 Å². The first-order valence-electron chi connectivity index (χ1n) is 7.32. The molecule has 0 bridgehead atoms. The second-order valence-electron chi connectivity index (χ2n) is 5.14. The lowest BCUT2D eigenvalue weighted by Crippen LogP contribution is -2.34. The summed E-state index contributed by atoms with van der Waals surface area (Å²) in [5.41, 5.74) is 3.89. The molecule has 122 valence electrons. The minimum absolute atomic E-state index is 0.304.